The van der Waals surface area contributed by atoms with Crippen LogP contribution in [0.5, 0.6) is 5.75 Å². The Kier molecular flexibility index (Phi) is 4.85. The number of benzene rings is 3. The topological polar surface area (TPSA) is 102 Å². The summed E-state index contributed by atoms with van der Waals surface area (Å²) >= 11 is 3.12. The molecular formula is C21H14BrN3O4. The van der Waals surface area contributed by atoms with E-state index in [0.29, 0.717) is 17.2 Å². The molecule has 0 radical (unpaired) electrons. The number of hydrogen-bond donors (Lipinski definition) is 1. The van der Waals surface area contributed by atoms with E-state index in [1.165, 1.54) is 18.3 Å². The number of phenolic OH excluding ortho intramolecular Hbond substituents is 1. The van der Waals surface area contributed by atoms with Gasteiger partial charge in [-0.3, -0.25) is 15.1 Å². The zero-order valence-electron chi connectivity index (χ0n) is 15.2. The van der Waals surface area contributed by atoms with E-state index in [1.54, 1.807) is 12.1 Å². The lowest BCUT2D eigenvalue weighted by Gasteiger charge is -2.02. The number of fused-ring (bicyclic) bond motifs is 1. The molecule has 8 heteroatoms. The Balaban J connectivity index is 1.68. The molecule has 0 saturated heterocycles. The second kappa shape index (κ2) is 7.48. The monoisotopic (exact) mass is 451 g/mol. The highest BCUT2D eigenvalue weighted by molar-refractivity contribution is 9.10. The zero-order chi connectivity index (χ0) is 20.5. The van der Waals surface area contributed by atoms with Gasteiger partial charge in [-0.05, 0) is 58.7 Å². The van der Waals surface area contributed by atoms with Gasteiger partial charge in [-0.1, -0.05) is 12.1 Å². The first kappa shape index (κ1) is 18.8. The number of nitro groups is 1. The standard InChI is InChI=1S/C21H14BrN3O4/c1-12-5-6-19-18(7-12)24-21(29-19)13-3-2-4-15(8-13)23-11-14-9-16(25(27)28)10-17(22)20(14)26/h2-11,26H,1H3. The highest BCUT2D eigenvalue weighted by Crippen LogP contribution is 2.32. The molecule has 0 unspecified atom stereocenters. The van der Waals surface area contributed by atoms with E-state index in [4.69, 9.17) is 4.42 Å². The van der Waals surface area contributed by atoms with Gasteiger partial charge in [0.1, 0.15) is 11.3 Å². The van der Waals surface area contributed by atoms with Crippen LogP contribution in [0.15, 0.2) is 68.5 Å². The van der Waals surface area contributed by atoms with E-state index in [9.17, 15) is 15.2 Å². The van der Waals surface area contributed by atoms with E-state index >= 15 is 0 Å². The van der Waals surface area contributed by atoms with Gasteiger partial charge >= 0.3 is 0 Å². The van der Waals surface area contributed by atoms with Gasteiger partial charge in [0.05, 0.1) is 15.1 Å². The molecule has 0 bridgehead atoms. The lowest BCUT2D eigenvalue weighted by Crippen LogP contribution is -1.91. The Morgan fingerprint density at radius 2 is 2.03 bits per heavy atom. The molecule has 0 fully saturated rings. The van der Waals surface area contributed by atoms with Crippen LogP contribution in [0.3, 0.4) is 0 Å². The number of rotatable bonds is 4. The van der Waals surface area contributed by atoms with Crippen molar-refractivity contribution < 1.29 is 14.4 Å². The van der Waals surface area contributed by atoms with E-state index < -0.39 is 4.92 Å². The third kappa shape index (κ3) is 3.88. The second-order valence-corrected chi connectivity index (χ2v) is 7.28. The molecular weight excluding hydrogens is 438 g/mol. The van der Waals surface area contributed by atoms with E-state index in [2.05, 4.69) is 25.9 Å². The summed E-state index contributed by atoms with van der Waals surface area (Å²) in [7, 11) is 0. The van der Waals surface area contributed by atoms with Crippen molar-refractivity contribution in [1.29, 1.82) is 0 Å². The summed E-state index contributed by atoms with van der Waals surface area (Å²) in [6.07, 6.45) is 1.38. The number of nitrogens with zero attached hydrogens (tertiary/aromatic N) is 3. The summed E-state index contributed by atoms with van der Waals surface area (Å²) in [6, 6.07) is 15.5. The second-order valence-electron chi connectivity index (χ2n) is 6.42. The number of hydrogen-bond acceptors (Lipinski definition) is 6. The molecule has 7 nitrogen and oxygen atoms in total. The zero-order valence-corrected chi connectivity index (χ0v) is 16.8. The molecule has 1 aromatic heterocycles. The lowest BCUT2D eigenvalue weighted by atomic mass is 10.2. The fourth-order valence-electron chi connectivity index (χ4n) is 2.83. The van der Waals surface area contributed by atoms with Crippen LogP contribution in [0.4, 0.5) is 11.4 Å². The number of nitro benzene ring substituents is 1. The minimum absolute atomic E-state index is 0.121. The van der Waals surface area contributed by atoms with Gasteiger partial charge in [-0.25, -0.2) is 4.98 Å². The van der Waals surface area contributed by atoms with Crippen LogP contribution in [-0.2, 0) is 0 Å². The van der Waals surface area contributed by atoms with Gasteiger partial charge in [0.15, 0.2) is 5.58 Å². The molecule has 29 heavy (non-hydrogen) atoms. The average molecular weight is 452 g/mol. The third-order valence-corrected chi connectivity index (χ3v) is 4.88. The van der Waals surface area contributed by atoms with E-state index in [0.717, 1.165) is 16.6 Å². The summed E-state index contributed by atoms with van der Waals surface area (Å²) in [5.41, 5.74) is 3.99. The molecule has 0 amide bonds. The largest absolute Gasteiger partial charge is 0.506 e. The Morgan fingerprint density at radius 1 is 1.21 bits per heavy atom. The number of halogens is 1. The minimum atomic E-state index is -0.531. The van der Waals surface area contributed by atoms with Crippen LogP contribution >= 0.6 is 15.9 Å². The van der Waals surface area contributed by atoms with Gasteiger partial charge in [0, 0.05) is 29.5 Å². The summed E-state index contributed by atoms with van der Waals surface area (Å²) in [5.74, 6) is 0.355. The maximum absolute atomic E-state index is 11.0. The van der Waals surface area contributed by atoms with Gasteiger partial charge in [0.25, 0.3) is 5.69 Å². The predicted molar refractivity (Wildman–Crippen MR) is 114 cm³/mol. The Morgan fingerprint density at radius 3 is 2.83 bits per heavy atom. The van der Waals surface area contributed by atoms with Crippen LogP contribution in [-0.4, -0.2) is 21.2 Å². The SMILES string of the molecule is Cc1ccc2oc(-c3cccc(N=Cc4cc([N+](=O)[O-])cc(Br)c4O)c3)nc2c1. The quantitative estimate of drug-likeness (QED) is 0.235. The van der Waals surface area contributed by atoms with Crippen molar-refractivity contribution in [2.45, 2.75) is 6.92 Å². The number of non-ortho nitro benzene ring substituents is 1. The van der Waals surface area contributed by atoms with Crippen LogP contribution < -0.4 is 0 Å². The fourth-order valence-corrected chi connectivity index (χ4v) is 3.30. The summed E-state index contributed by atoms with van der Waals surface area (Å²) < 4.78 is 6.05. The number of aryl methyl sites for hydroxylation is 1. The molecule has 0 aliphatic carbocycles. The first-order valence-corrected chi connectivity index (χ1v) is 9.38. The highest BCUT2D eigenvalue weighted by Gasteiger charge is 2.14. The normalized spacial score (nSPS) is 11.4. The van der Waals surface area contributed by atoms with Crippen molar-refractivity contribution >= 4 is 44.6 Å². The fraction of sp³-hybridized carbons (Fsp3) is 0.0476. The van der Waals surface area contributed by atoms with Crippen molar-refractivity contribution in [1.82, 2.24) is 4.98 Å². The average Bonchev–Trinajstić information content (AvgIpc) is 3.12. The summed E-state index contributed by atoms with van der Waals surface area (Å²) in [4.78, 5) is 19.4. The molecule has 0 spiro atoms. The third-order valence-electron chi connectivity index (χ3n) is 4.28. The lowest BCUT2D eigenvalue weighted by molar-refractivity contribution is -0.385. The summed E-state index contributed by atoms with van der Waals surface area (Å²) in [6.45, 7) is 1.99. The van der Waals surface area contributed by atoms with Crippen LogP contribution in [0.25, 0.3) is 22.6 Å². The van der Waals surface area contributed by atoms with Gasteiger partial charge in [0.2, 0.25) is 5.89 Å². The molecule has 4 rings (SSSR count). The maximum Gasteiger partial charge on any atom is 0.271 e. The number of aliphatic imine (C=N–C) groups is 1. The predicted octanol–water partition coefficient (Wildman–Crippen LogP) is 5.93. The molecule has 3 aromatic carbocycles. The highest BCUT2D eigenvalue weighted by atomic mass is 79.9. The molecule has 1 N–H and O–H groups in total. The molecule has 0 aliphatic rings. The Labute approximate surface area is 173 Å². The number of aromatic nitrogens is 1. The first-order valence-electron chi connectivity index (χ1n) is 8.59. The molecule has 0 aliphatic heterocycles. The van der Waals surface area contributed by atoms with Crippen molar-refractivity contribution in [2.24, 2.45) is 4.99 Å². The smallest absolute Gasteiger partial charge is 0.271 e. The summed E-state index contributed by atoms with van der Waals surface area (Å²) in [5, 5.41) is 21.2. The van der Waals surface area contributed by atoms with Crippen molar-refractivity contribution in [3.8, 4) is 17.2 Å². The van der Waals surface area contributed by atoms with Crippen molar-refractivity contribution in [3.05, 3.63) is 80.3 Å². The molecule has 144 valence electrons. The maximum atomic E-state index is 11.0. The first-order chi connectivity index (χ1) is 13.9. The molecule has 0 saturated carbocycles. The van der Waals surface area contributed by atoms with Crippen LogP contribution in [0.2, 0.25) is 0 Å². The van der Waals surface area contributed by atoms with Crippen molar-refractivity contribution in [2.75, 3.05) is 0 Å². The Hall–Kier alpha value is -3.52. The van der Waals surface area contributed by atoms with Crippen molar-refractivity contribution in [3.63, 3.8) is 0 Å². The minimum Gasteiger partial charge on any atom is -0.506 e. The number of phenols is 1. The number of oxazole rings is 1. The van der Waals surface area contributed by atoms with Gasteiger partial charge in [-0.15, -0.1) is 0 Å². The van der Waals surface area contributed by atoms with Gasteiger partial charge in [-0.2, -0.15) is 0 Å². The van der Waals surface area contributed by atoms with Gasteiger partial charge < -0.3 is 9.52 Å². The Bertz CT molecular complexity index is 1280. The molecule has 4 aromatic rings. The molecule has 0 atom stereocenters. The van der Waals surface area contributed by atoms with E-state index in [-0.39, 0.29) is 21.5 Å². The van der Waals surface area contributed by atoms with Crippen LogP contribution in [0.1, 0.15) is 11.1 Å². The number of aromatic hydroxyl groups is 1. The van der Waals surface area contributed by atoms with Crippen LogP contribution in [0, 0.1) is 17.0 Å². The van der Waals surface area contributed by atoms with E-state index in [1.807, 2.05) is 37.3 Å². The molecule has 1 heterocycles.